The van der Waals surface area contributed by atoms with Gasteiger partial charge in [-0.25, -0.2) is 0 Å². The molecule has 1 aliphatic carbocycles. The van der Waals surface area contributed by atoms with Gasteiger partial charge < -0.3 is 8.37 Å². The first-order valence-corrected chi connectivity index (χ1v) is 28.8. The molecule has 3 rings (SSSR count). The van der Waals surface area contributed by atoms with Gasteiger partial charge in [0, 0.05) is 29.1 Å². The van der Waals surface area contributed by atoms with Crippen molar-refractivity contribution >= 4 is 55.9 Å². The van der Waals surface area contributed by atoms with Gasteiger partial charge in [0.25, 0.3) is 0 Å². The fourth-order valence-corrected chi connectivity index (χ4v) is 11.2. The van der Waals surface area contributed by atoms with Crippen molar-refractivity contribution in [2.24, 2.45) is 0 Å². The lowest BCUT2D eigenvalue weighted by Crippen LogP contribution is -1.93. The van der Waals surface area contributed by atoms with E-state index in [-0.39, 0.29) is 0 Å². The first-order valence-electron chi connectivity index (χ1n) is 25.4. The smallest absolute Gasteiger partial charge is 0.159 e. The van der Waals surface area contributed by atoms with Gasteiger partial charge in [0.2, 0.25) is 0 Å². The van der Waals surface area contributed by atoms with Gasteiger partial charge in [0.15, 0.2) is 11.5 Å². The number of hydrogen-bond donors (Lipinski definition) is 0. The predicted octanol–water partition coefficient (Wildman–Crippen LogP) is 20.9. The number of halogens is 2. The number of rotatable bonds is 42. The summed E-state index contributed by atoms with van der Waals surface area (Å²) in [5.41, 5.74) is 5.07. The van der Waals surface area contributed by atoms with E-state index in [0.717, 1.165) is 38.4 Å². The molecule has 0 saturated heterocycles. The van der Waals surface area contributed by atoms with Crippen LogP contribution < -0.4 is 8.37 Å². The maximum Gasteiger partial charge on any atom is 0.159 e. The van der Waals surface area contributed by atoms with Crippen LogP contribution in [-0.4, -0.2) is 11.5 Å². The van der Waals surface area contributed by atoms with Crippen LogP contribution in [0.15, 0.2) is 33.2 Å². The topological polar surface area (TPSA) is 18.5 Å². The van der Waals surface area contributed by atoms with Crippen LogP contribution in [0.25, 0.3) is 11.1 Å². The van der Waals surface area contributed by atoms with Crippen LogP contribution >= 0.6 is 55.9 Å². The van der Waals surface area contributed by atoms with Crippen molar-refractivity contribution in [3.05, 3.63) is 44.3 Å². The largest absolute Gasteiger partial charge is 0.424 e. The monoisotopic (exact) mass is 978 g/mol. The van der Waals surface area contributed by atoms with E-state index < -0.39 is 0 Å². The minimum Gasteiger partial charge on any atom is -0.424 e. The summed E-state index contributed by atoms with van der Waals surface area (Å²) in [6.07, 6.45) is 51.7. The second kappa shape index (κ2) is 37.1. The van der Waals surface area contributed by atoms with Crippen LogP contribution in [-0.2, 0) is 6.42 Å². The molecule has 6 heteroatoms. The average Bonchev–Trinajstić information content (AvgIpc) is 3.62. The summed E-state index contributed by atoms with van der Waals surface area (Å²) in [6, 6.07) is 8.79. The van der Waals surface area contributed by atoms with Crippen molar-refractivity contribution in [1.82, 2.24) is 0 Å². The zero-order valence-corrected chi connectivity index (χ0v) is 43.1. The second-order valence-electron chi connectivity index (χ2n) is 17.8. The fourth-order valence-electron chi connectivity index (χ4n) is 8.74. The van der Waals surface area contributed by atoms with E-state index in [1.54, 1.807) is 24.1 Å². The van der Waals surface area contributed by atoms with Gasteiger partial charge in [0.05, 0.1) is 33.0 Å². The summed E-state index contributed by atoms with van der Waals surface area (Å²) in [7, 11) is 0. The molecule has 0 aliphatic heterocycles. The lowest BCUT2D eigenvalue weighted by atomic mass is 10.0. The highest BCUT2D eigenvalue weighted by atomic mass is 79.9. The number of fused-ring (bicyclic) bond motifs is 3. The summed E-state index contributed by atoms with van der Waals surface area (Å²) >= 11 is 10.9. The highest BCUT2D eigenvalue weighted by Crippen LogP contribution is 2.51. The summed E-state index contributed by atoms with van der Waals surface area (Å²) in [6.45, 7) is 4.61. The van der Waals surface area contributed by atoms with Gasteiger partial charge in [-0.1, -0.05) is 244 Å². The van der Waals surface area contributed by atoms with E-state index in [0.29, 0.717) is 0 Å². The molecule has 338 valence electrons. The minimum absolute atomic E-state index is 0.882. The Kier molecular flexibility index (Phi) is 33.4. The molecule has 0 radical (unpaired) electrons. The van der Waals surface area contributed by atoms with E-state index in [2.05, 4.69) is 70.0 Å². The SMILES string of the molecule is CCCCCCCCCCCCCCCCCCCCSOc1c(Br)ccc2c1Cc1ccc(Br)c(OSCCCCCCCCCCCCCCCCCCCC)c1-2. The maximum atomic E-state index is 6.46. The molecule has 59 heavy (non-hydrogen) atoms. The van der Waals surface area contributed by atoms with E-state index in [1.807, 2.05) is 0 Å². The fraction of sp³-hybridized carbons (Fsp3) is 0.774. The molecular weight excluding hydrogens is 893 g/mol. The summed E-state index contributed by atoms with van der Waals surface area (Å²) in [5, 5.41) is 0. The molecule has 0 fully saturated rings. The molecule has 2 aromatic carbocycles. The van der Waals surface area contributed by atoms with Gasteiger partial charge in [-0.05, 0) is 68.0 Å². The zero-order chi connectivity index (χ0) is 41.9. The highest BCUT2D eigenvalue weighted by Gasteiger charge is 2.28. The summed E-state index contributed by atoms with van der Waals surface area (Å²) in [4.78, 5) is 0. The Morgan fingerprint density at radius 1 is 0.390 bits per heavy atom. The molecule has 0 heterocycles. The van der Waals surface area contributed by atoms with Crippen LogP contribution in [0.2, 0.25) is 0 Å². The zero-order valence-electron chi connectivity index (χ0n) is 38.3. The second-order valence-corrected chi connectivity index (χ2v) is 21.2. The summed E-state index contributed by atoms with van der Waals surface area (Å²) in [5.74, 6) is 4.03. The number of hydrogen-bond acceptors (Lipinski definition) is 4. The first-order chi connectivity index (χ1) is 29.2. The third-order valence-electron chi connectivity index (χ3n) is 12.5. The van der Waals surface area contributed by atoms with Crippen LogP contribution in [0.5, 0.6) is 11.5 Å². The standard InChI is InChI=1S/C53H88Br2O2S2/c1-3-5-7-9-11-13-15-17-19-21-23-25-27-29-31-33-35-37-43-58-56-52-48-45-46-39-41-50(55)53(51(46)47(48)40-42-49(52)54)57-59-44-38-36-34-32-30-28-26-24-22-20-18-16-14-12-10-8-6-4-2/h39-42H,3-38,43-45H2,1-2H3. The van der Waals surface area contributed by atoms with E-state index >= 15 is 0 Å². The van der Waals surface area contributed by atoms with Crippen LogP contribution in [0.3, 0.4) is 0 Å². The average molecular weight is 981 g/mol. The lowest BCUT2D eigenvalue weighted by molar-refractivity contribution is 0.526. The van der Waals surface area contributed by atoms with Gasteiger partial charge in [-0.2, -0.15) is 0 Å². The Labute approximate surface area is 391 Å². The van der Waals surface area contributed by atoms with Gasteiger partial charge in [-0.3, -0.25) is 0 Å². The molecule has 0 spiro atoms. The third kappa shape index (κ3) is 24.4. The van der Waals surface area contributed by atoms with Crippen molar-refractivity contribution in [1.29, 1.82) is 0 Å². The van der Waals surface area contributed by atoms with Crippen LogP contribution in [0.4, 0.5) is 0 Å². The normalized spacial score (nSPS) is 12.0. The van der Waals surface area contributed by atoms with Gasteiger partial charge in [-0.15, -0.1) is 0 Å². The van der Waals surface area contributed by atoms with Crippen molar-refractivity contribution < 1.29 is 8.37 Å². The quantitative estimate of drug-likeness (QED) is 0.0416. The van der Waals surface area contributed by atoms with E-state index in [1.165, 1.54) is 253 Å². The summed E-state index contributed by atoms with van der Waals surface area (Å²) < 4.78 is 15.0. The van der Waals surface area contributed by atoms with Crippen molar-refractivity contribution in [3.63, 3.8) is 0 Å². The lowest BCUT2D eigenvalue weighted by Gasteiger charge is -2.14. The van der Waals surface area contributed by atoms with Crippen LogP contribution in [0.1, 0.15) is 256 Å². The first kappa shape index (κ1) is 53.0. The molecule has 1 aliphatic rings. The molecule has 0 aromatic heterocycles. The molecule has 2 aromatic rings. The Bertz CT molecular complexity index is 1300. The molecule has 0 amide bonds. The maximum absolute atomic E-state index is 6.46. The van der Waals surface area contributed by atoms with Crippen molar-refractivity contribution in [2.45, 2.75) is 251 Å². The van der Waals surface area contributed by atoms with Gasteiger partial charge in [0.1, 0.15) is 0 Å². The Balaban J connectivity index is 1.19. The van der Waals surface area contributed by atoms with Crippen molar-refractivity contribution in [3.8, 4) is 22.6 Å². The molecule has 2 nitrogen and oxygen atoms in total. The Morgan fingerprint density at radius 3 is 1.07 bits per heavy atom. The molecule has 0 saturated carbocycles. The molecule has 0 bridgehead atoms. The van der Waals surface area contributed by atoms with E-state index in [4.69, 9.17) is 8.37 Å². The molecule has 0 N–H and O–H groups in total. The Morgan fingerprint density at radius 2 is 0.695 bits per heavy atom. The van der Waals surface area contributed by atoms with E-state index in [9.17, 15) is 0 Å². The van der Waals surface area contributed by atoms with Crippen molar-refractivity contribution in [2.75, 3.05) is 11.5 Å². The van der Waals surface area contributed by atoms with Crippen LogP contribution in [0, 0.1) is 0 Å². The Hall–Kier alpha value is -0.300. The molecule has 0 unspecified atom stereocenters. The van der Waals surface area contributed by atoms with Gasteiger partial charge >= 0.3 is 0 Å². The predicted molar refractivity (Wildman–Crippen MR) is 274 cm³/mol. The number of unbranched alkanes of at least 4 members (excludes halogenated alkanes) is 34. The third-order valence-corrected chi connectivity index (χ3v) is 15.2. The molecular formula is C53H88Br2O2S2. The number of benzene rings is 2. The molecule has 0 atom stereocenters. The highest BCUT2D eigenvalue weighted by molar-refractivity contribution is 9.11. The minimum atomic E-state index is 0.882.